The second kappa shape index (κ2) is 5.08. The van der Waals surface area contributed by atoms with E-state index in [2.05, 4.69) is 22.9 Å². The molecule has 1 saturated heterocycles. The number of benzene rings is 1. The summed E-state index contributed by atoms with van der Waals surface area (Å²) in [6.45, 7) is 2.97. The minimum atomic E-state index is 0.0939. The third kappa shape index (κ3) is 2.63. The van der Waals surface area contributed by atoms with Gasteiger partial charge in [0.15, 0.2) is 0 Å². The number of hydrogen-bond acceptors (Lipinski definition) is 2. The van der Waals surface area contributed by atoms with Gasteiger partial charge in [0.1, 0.15) is 0 Å². The van der Waals surface area contributed by atoms with Crippen molar-refractivity contribution >= 4 is 27.5 Å². The van der Waals surface area contributed by atoms with E-state index in [-0.39, 0.29) is 5.91 Å². The van der Waals surface area contributed by atoms with Crippen LogP contribution in [0.2, 0.25) is 0 Å². The number of carbonyl (C=O) groups is 1. The van der Waals surface area contributed by atoms with Gasteiger partial charge in [0.05, 0.1) is 0 Å². The summed E-state index contributed by atoms with van der Waals surface area (Å²) in [7, 11) is 0. The molecule has 1 fully saturated rings. The molecule has 0 saturated carbocycles. The number of piperidine rings is 1. The van der Waals surface area contributed by atoms with E-state index in [4.69, 9.17) is 5.73 Å². The Morgan fingerprint density at radius 3 is 2.88 bits per heavy atom. The summed E-state index contributed by atoms with van der Waals surface area (Å²) in [5.41, 5.74) is 7.10. The lowest BCUT2D eigenvalue weighted by molar-refractivity contribution is 0.0635. The molecule has 2 rings (SSSR count). The van der Waals surface area contributed by atoms with E-state index in [0.29, 0.717) is 17.3 Å². The number of nitrogen functional groups attached to an aromatic ring is 1. The van der Waals surface area contributed by atoms with Crippen molar-refractivity contribution in [2.45, 2.75) is 32.2 Å². The first-order valence-corrected chi connectivity index (χ1v) is 6.75. The van der Waals surface area contributed by atoms with Crippen molar-refractivity contribution in [3.8, 4) is 0 Å². The number of halogens is 1. The number of hydrogen-bond donors (Lipinski definition) is 1. The highest BCUT2D eigenvalue weighted by Crippen LogP contribution is 2.23. The molecule has 0 radical (unpaired) electrons. The fourth-order valence-electron chi connectivity index (χ4n) is 2.24. The van der Waals surface area contributed by atoms with Crippen LogP contribution in [0.3, 0.4) is 0 Å². The molecule has 1 aromatic rings. The Hall–Kier alpha value is -1.03. The highest BCUT2D eigenvalue weighted by Gasteiger charge is 2.24. The lowest BCUT2D eigenvalue weighted by atomic mass is 10.0. The minimum absolute atomic E-state index is 0.0939. The van der Waals surface area contributed by atoms with E-state index in [1.54, 1.807) is 6.07 Å². The first-order valence-electron chi connectivity index (χ1n) is 5.95. The zero-order chi connectivity index (χ0) is 12.4. The molecule has 1 heterocycles. The standard InChI is InChI=1S/C13H17BrN2O/c1-9-4-2-3-7-16(9)13(17)10-5-6-11(14)12(15)8-10/h5-6,8-9H,2-4,7,15H2,1H3/t9-/m1/s1. The van der Waals surface area contributed by atoms with Crippen LogP contribution in [0.5, 0.6) is 0 Å². The van der Waals surface area contributed by atoms with E-state index in [1.165, 1.54) is 6.42 Å². The van der Waals surface area contributed by atoms with Crippen molar-refractivity contribution in [1.29, 1.82) is 0 Å². The van der Waals surface area contributed by atoms with Crippen molar-refractivity contribution < 1.29 is 4.79 Å². The van der Waals surface area contributed by atoms with Crippen LogP contribution in [-0.4, -0.2) is 23.4 Å². The maximum atomic E-state index is 12.3. The minimum Gasteiger partial charge on any atom is -0.398 e. The highest BCUT2D eigenvalue weighted by molar-refractivity contribution is 9.10. The van der Waals surface area contributed by atoms with Crippen LogP contribution in [0, 0.1) is 0 Å². The number of amides is 1. The van der Waals surface area contributed by atoms with Crippen LogP contribution in [-0.2, 0) is 0 Å². The molecule has 2 N–H and O–H groups in total. The lowest BCUT2D eigenvalue weighted by Crippen LogP contribution is -2.42. The van der Waals surface area contributed by atoms with Crippen LogP contribution >= 0.6 is 15.9 Å². The Labute approximate surface area is 110 Å². The van der Waals surface area contributed by atoms with Gasteiger partial charge in [-0.1, -0.05) is 0 Å². The van der Waals surface area contributed by atoms with E-state index in [0.717, 1.165) is 23.9 Å². The molecule has 17 heavy (non-hydrogen) atoms. The maximum Gasteiger partial charge on any atom is 0.254 e. The van der Waals surface area contributed by atoms with Crippen LogP contribution in [0.25, 0.3) is 0 Å². The van der Waals surface area contributed by atoms with Gasteiger partial charge in [-0.3, -0.25) is 4.79 Å². The largest absolute Gasteiger partial charge is 0.398 e. The van der Waals surface area contributed by atoms with Gasteiger partial charge in [0.25, 0.3) is 5.91 Å². The van der Waals surface area contributed by atoms with E-state index >= 15 is 0 Å². The third-order valence-corrected chi connectivity index (χ3v) is 4.03. The maximum absolute atomic E-state index is 12.3. The first-order chi connectivity index (χ1) is 8.09. The molecule has 0 aliphatic carbocycles. The van der Waals surface area contributed by atoms with Gasteiger partial charge in [0.2, 0.25) is 0 Å². The molecule has 0 bridgehead atoms. The lowest BCUT2D eigenvalue weighted by Gasteiger charge is -2.33. The van der Waals surface area contributed by atoms with E-state index in [9.17, 15) is 4.79 Å². The fraction of sp³-hybridized carbons (Fsp3) is 0.462. The van der Waals surface area contributed by atoms with Gasteiger partial charge in [-0.2, -0.15) is 0 Å². The monoisotopic (exact) mass is 296 g/mol. The Morgan fingerprint density at radius 1 is 1.47 bits per heavy atom. The van der Waals surface area contributed by atoms with Gasteiger partial charge >= 0.3 is 0 Å². The normalized spacial score (nSPS) is 20.4. The predicted octanol–water partition coefficient (Wildman–Crippen LogP) is 3.05. The van der Waals surface area contributed by atoms with Crippen LogP contribution in [0.4, 0.5) is 5.69 Å². The van der Waals surface area contributed by atoms with Gasteiger partial charge < -0.3 is 10.6 Å². The third-order valence-electron chi connectivity index (χ3n) is 3.31. The van der Waals surface area contributed by atoms with Gasteiger partial charge in [0, 0.05) is 28.3 Å². The van der Waals surface area contributed by atoms with Crippen LogP contribution in [0.1, 0.15) is 36.5 Å². The second-order valence-corrected chi connectivity index (χ2v) is 5.43. The summed E-state index contributed by atoms with van der Waals surface area (Å²) in [4.78, 5) is 14.3. The number of anilines is 1. The van der Waals surface area contributed by atoms with E-state index in [1.807, 2.05) is 17.0 Å². The average Bonchev–Trinajstić information content (AvgIpc) is 2.32. The van der Waals surface area contributed by atoms with Crippen molar-refractivity contribution in [2.75, 3.05) is 12.3 Å². The average molecular weight is 297 g/mol. The fourth-order valence-corrected chi connectivity index (χ4v) is 2.49. The number of nitrogens with zero attached hydrogens (tertiary/aromatic N) is 1. The SMILES string of the molecule is C[C@@H]1CCCCN1C(=O)c1ccc(Br)c(N)c1. The smallest absolute Gasteiger partial charge is 0.254 e. The topological polar surface area (TPSA) is 46.3 Å². The molecule has 1 atom stereocenters. The van der Waals surface area contributed by atoms with E-state index < -0.39 is 0 Å². The molecule has 0 unspecified atom stereocenters. The quantitative estimate of drug-likeness (QED) is 0.810. The van der Waals surface area contributed by atoms with Gasteiger partial charge in [-0.25, -0.2) is 0 Å². The van der Waals surface area contributed by atoms with Gasteiger partial charge in [-0.05, 0) is 60.3 Å². The molecule has 92 valence electrons. The van der Waals surface area contributed by atoms with Crippen molar-refractivity contribution in [3.63, 3.8) is 0 Å². The molecule has 4 heteroatoms. The number of rotatable bonds is 1. The Morgan fingerprint density at radius 2 is 2.24 bits per heavy atom. The first kappa shape index (κ1) is 12.4. The molecule has 1 aliphatic heterocycles. The molecule has 0 spiro atoms. The van der Waals surface area contributed by atoms with Crippen LogP contribution in [0.15, 0.2) is 22.7 Å². The molecule has 3 nitrogen and oxygen atoms in total. The molecular weight excluding hydrogens is 280 g/mol. The van der Waals surface area contributed by atoms with Crippen molar-refractivity contribution in [1.82, 2.24) is 4.90 Å². The van der Waals surface area contributed by atoms with Crippen LogP contribution < -0.4 is 5.73 Å². The predicted molar refractivity (Wildman–Crippen MR) is 72.9 cm³/mol. The van der Waals surface area contributed by atoms with Crippen molar-refractivity contribution in [3.05, 3.63) is 28.2 Å². The molecule has 1 aliphatic rings. The zero-order valence-corrected chi connectivity index (χ0v) is 11.5. The number of carbonyl (C=O) groups excluding carboxylic acids is 1. The van der Waals surface area contributed by atoms with Crippen molar-refractivity contribution in [2.24, 2.45) is 0 Å². The van der Waals surface area contributed by atoms with Gasteiger partial charge in [-0.15, -0.1) is 0 Å². The summed E-state index contributed by atoms with van der Waals surface area (Å²) in [5.74, 6) is 0.0939. The number of likely N-dealkylation sites (tertiary alicyclic amines) is 1. The summed E-state index contributed by atoms with van der Waals surface area (Å²) in [6, 6.07) is 5.73. The Kier molecular flexibility index (Phi) is 3.72. The summed E-state index contributed by atoms with van der Waals surface area (Å²) >= 11 is 3.34. The molecule has 1 aromatic carbocycles. The number of nitrogens with two attached hydrogens (primary N) is 1. The highest BCUT2D eigenvalue weighted by atomic mass is 79.9. The second-order valence-electron chi connectivity index (χ2n) is 4.58. The Bertz CT molecular complexity index is 433. The summed E-state index contributed by atoms with van der Waals surface area (Å²) in [6.07, 6.45) is 3.41. The zero-order valence-electron chi connectivity index (χ0n) is 9.95. The summed E-state index contributed by atoms with van der Waals surface area (Å²) in [5, 5.41) is 0. The molecule has 0 aromatic heterocycles. The Balaban J connectivity index is 2.21. The molecule has 1 amide bonds. The molecular formula is C13H17BrN2O. The summed E-state index contributed by atoms with van der Waals surface area (Å²) < 4.78 is 0.834.